The molecule has 0 aliphatic carbocycles. The molecule has 1 N–H and O–H groups in total. The summed E-state index contributed by atoms with van der Waals surface area (Å²) in [6, 6.07) is 33.9. The van der Waals surface area contributed by atoms with Crippen LogP contribution in [0.1, 0.15) is 5.56 Å². The van der Waals surface area contributed by atoms with Gasteiger partial charge in [0.05, 0.1) is 15.6 Å². The van der Waals surface area contributed by atoms with E-state index in [0.29, 0.717) is 12.2 Å². The first-order valence-electron chi connectivity index (χ1n) is 11.8. The molecule has 0 amide bonds. The summed E-state index contributed by atoms with van der Waals surface area (Å²) in [6.45, 7) is -0.0658. The van der Waals surface area contributed by atoms with E-state index in [1.165, 1.54) is 36.5 Å². The first-order chi connectivity index (χ1) is 17.6. The lowest BCUT2D eigenvalue weighted by Crippen LogP contribution is -2.24. The van der Waals surface area contributed by atoms with E-state index in [0.717, 1.165) is 20.1 Å². The maximum Gasteiger partial charge on any atom is 0.148 e. The molecule has 1 unspecified atom stereocenters. The Morgan fingerprint density at radius 1 is 0.750 bits per heavy atom. The molecule has 178 valence electrons. The lowest BCUT2D eigenvalue weighted by molar-refractivity contribution is 0.114. The molecule has 5 aromatic carbocycles. The highest BCUT2D eigenvalue weighted by molar-refractivity contribution is 9.11. The number of thiophene rings is 1. The van der Waals surface area contributed by atoms with Crippen molar-refractivity contribution in [1.82, 2.24) is 0 Å². The van der Waals surface area contributed by atoms with Crippen LogP contribution in [0.25, 0.3) is 42.1 Å². The van der Waals surface area contributed by atoms with Crippen molar-refractivity contribution in [3.05, 3.63) is 112 Å². The van der Waals surface area contributed by atoms with Crippen LogP contribution in [0.3, 0.4) is 0 Å². The number of aliphatic hydroxyl groups is 1. The molecular formula is C31H22Br2O2S. The van der Waals surface area contributed by atoms with E-state index >= 15 is 0 Å². The van der Waals surface area contributed by atoms with Crippen LogP contribution in [0.2, 0.25) is 0 Å². The van der Waals surface area contributed by atoms with Gasteiger partial charge in [-0.15, -0.1) is 11.3 Å². The Hall–Kier alpha value is -2.70. The van der Waals surface area contributed by atoms with E-state index < -0.39 is 0 Å². The number of benzene rings is 5. The van der Waals surface area contributed by atoms with Crippen molar-refractivity contribution >= 4 is 74.1 Å². The maximum absolute atomic E-state index is 9.98. The second-order valence-electron chi connectivity index (χ2n) is 8.86. The molecule has 6 aromatic rings. The Bertz CT molecular complexity index is 1690. The molecule has 36 heavy (non-hydrogen) atoms. The SMILES string of the molecule is OCC(Cc1ccccc1)Oc1c(Br)cc(-c2cccc3sc4cc5ccccc5cc4c23)cc1Br. The minimum atomic E-state index is -0.344. The smallest absolute Gasteiger partial charge is 0.148 e. The van der Waals surface area contributed by atoms with Crippen LogP contribution < -0.4 is 4.74 Å². The second-order valence-corrected chi connectivity index (χ2v) is 11.6. The number of halogens is 2. The quantitative estimate of drug-likeness (QED) is 0.202. The summed E-state index contributed by atoms with van der Waals surface area (Å²) in [5.41, 5.74) is 3.41. The summed E-state index contributed by atoms with van der Waals surface area (Å²) in [7, 11) is 0. The molecule has 0 saturated heterocycles. The third-order valence-corrected chi connectivity index (χ3v) is 8.76. The van der Waals surface area contributed by atoms with Gasteiger partial charge in [-0.3, -0.25) is 0 Å². The average molecular weight is 618 g/mol. The van der Waals surface area contributed by atoms with Gasteiger partial charge in [-0.1, -0.05) is 66.7 Å². The van der Waals surface area contributed by atoms with Crippen LogP contribution in [0.5, 0.6) is 5.75 Å². The summed E-state index contributed by atoms with van der Waals surface area (Å²) in [6.07, 6.45) is 0.287. The predicted octanol–water partition coefficient (Wildman–Crippen LogP) is 9.38. The molecule has 0 fully saturated rings. The van der Waals surface area contributed by atoms with Gasteiger partial charge in [-0.05, 0) is 89.7 Å². The third-order valence-electron chi connectivity index (χ3n) is 6.47. The van der Waals surface area contributed by atoms with Crippen LogP contribution in [0.15, 0.2) is 106 Å². The first-order valence-corrected chi connectivity index (χ1v) is 14.2. The van der Waals surface area contributed by atoms with Gasteiger partial charge in [0.2, 0.25) is 0 Å². The molecule has 1 heterocycles. The van der Waals surface area contributed by atoms with Crippen molar-refractivity contribution in [3.8, 4) is 16.9 Å². The van der Waals surface area contributed by atoms with Crippen LogP contribution in [0, 0.1) is 0 Å². The molecule has 0 aliphatic heterocycles. The van der Waals surface area contributed by atoms with Gasteiger partial charge in [0, 0.05) is 26.6 Å². The predicted molar refractivity (Wildman–Crippen MR) is 159 cm³/mol. The number of rotatable bonds is 6. The Morgan fingerprint density at radius 3 is 2.17 bits per heavy atom. The molecule has 6 rings (SSSR count). The number of aliphatic hydroxyl groups excluding tert-OH is 1. The summed E-state index contributed by atoms with van der Waals surface area (Å²) >= 11 is 9.32. The van der Waals surface area contributed by atoms with Gasteiger partial charge in [0.15, 0.2) is 0 Å². The van der Waals surface area contributed by atoms with E-state index in [-0.39, 0.29) is 12.7 Å². The van der Waals surface area contributed by atoms with Gasteiger partial charge in [-0.25, -0.2) is 0 Å². The van der Waals surface area contributed by atoms with Gasteiger partial charge in [0.1, 0.15) is 11.9 Å². The van der Waals surface area contributed by atoms with E-state index in [9.17, 15) is 5.11 Å². The Labute approximate surface area is 230 Å². The molecule has 0 bridgehead atoms. The zero-order chi connectivity index (χ0) is 24.6. The van der Waals surface area contributed by atoms with Crippen molar-refractivity contribution in [2.24, 2.45) is 0 Å². The van der Waals surface area contributed by atoms with Crippen molar-refractivity contribution in [3.63, 3.8) is 0 Å². The summed E-state index contributed by atoms with van der Waals surface area (Å²) in [5.74, 6) is 0.696. The van der Waals surface area contributed by atoms with Crippen molar-refractivity contribution in [1.29, 1.82) is 0 Å². The van der Waals surface area contributed by atoms with Gasteiger partial charge in [-0.2, -0.15) is 0 Å². The fraction of sp³-hybridized carbons (Fsp3) is 0.0968. The Balaban J connectivity index is 1.41. The van der Waals surface area contributed by atoms with E-state index in [1.807, 2.05) is 41.7 Å². The number of fused-ring (bicyclic) bond motifs is 4. The fourth-order valence-corrected chi connectivity index (χ4v) is 7.30. The lowest BCUT2D eigenvalue weighted by Gasteiger charge is -2.20. The van der Waals surface area contributed by atoms with E-state index in [4.69, 9.17) is 4.74 Å². The molecule has 5 heteroatoms. The maximum atomic E-state index is 9.98. The summed E-state index contributed by atoms with van der Waals surface area (Å²) in [5, 5.41) is 15.0. The zero-order valence-corrected chi connectivity index (χ0v) is 23.2. The topological polar surface area (TPSA) is 29.5 Å². The molecule has 0 radical (unpaired) electrons. The molecule has 1 aromatic heterocycles. The molecule has 0 saturated carbocycles. The molecule has 2 nitrogen and oxygen atoms in total. The van der Waals surface area contributed by atoms with Crippen LogP contribution >= 0.6 is 43.2 Å². The molecule has 1 atom stereocenters. The van der Waals surface area contributed by atoms with Crippen LogP contribution in [-0.4, -0.2) is 17.8 Å². The van der Waals surface area contributed by atoms with Gasteiger partial charge < -0.3 is 9.84 Å². The number of hydrogen-bond donors (Lipinski definition) is 1. The molecule has 0 aliphatic rings. The number of ether oxygens (including phenoxy) is 1. The Kier molecular flexibility index (Phi) is 6.57. The summed E-state index contributed by atoms with van der Waals surface area (Å²) in [4.78, 5) is 0. The normalized spacial score (nSPS) is 12.4. The Morgan fingerprint density at radius 2 is 1.44 bits per heavy atom. The largest absolute Gasteiger partial charge is 0.485 e. The summed E-state index contributed by atoms with van der Waals surface area (Å²) < 4.78 is 10.5. The second kappa shape index (κ2) is 9.98. The highest BCUT2D eigenvalue weighted by Crippen LogP contribution is 2.44. The highest BCUT2D eigenvalue weighted by atomic mass is 79.9. The van der Waals surface area contributed by atoms with Gasteiger partial charge >= 0.3 is 0 Å². The monoisotopic (exact) mass is 616 g/mol. The minimum Gasteiger partial charge on any atom is -0.485 e. The zero-order valence-electron chi connectivity index (χ0n) is 19.2. The highest BCUT2D eigenvalue weighted by Gasteiger charge is 2.18. The van der Waals surface area contributed by atoms with Crippen molar-refractivity contribution in [2.75, 3.05) is 6.61 Å². The van der Waals surface area contributed by atoms with Crippen molar-refractivity contribution in [2.45, 2.75) is 12.5 Å². The average Bonchev–Trinajstić information content (AvgIpc) is 3.26. The van der Waals surface area contributed by atoms with Crippen LogP contribution in [0.4, 0.5) is 0 Å². The van der Waals surface area contributed by atoms with E-state index in [1.54, 1.807) is 0 Å². The molecular weight excluding hydrogens is 596 g/mol. The van der Waals surface area contributed by atoms with Crippen LogP contribution in [-0.2, 0) is 6.42 Å². The lowest BCUT2D eigenvalue weighted by atomic mass is 9.98. The first kappa shape index (κ1) is 23.7. The standard InChI is InChI=1S/C31H22Br2O2S/c32-26-15-22(16-27(33)31(26)35-23(18-34)13-19-7-2-1-3-8-19)24-11-6-12-28-30(24)25-14-20-9-4-5-10-21(20)17-29(25)36-28/h1-12,14-17,23,34H,13,18H2. The third kappa shape index (κ3) is 4.46. The fourth-order valence-electron chi connectivity index (χ4n) is 4.77. The number of hydrogen-bond acceptors (Lipinski definition) is 3. The van der Waals surface area contributed by atoms with Crippen molar-refractivity contribution < 1.29 is 9.84 Å². The van der Waals surface area contributed by atoms with Gasteiger partial charge in [0.25, 0.3) is 0 Å². The minimum absolute atomic E-state index is 0.0658. The van der Waals surface area contributed by atoms with E-state index in [2.05, 4.69) is 98.6 Å². The molecule has 0 spiro atoms.